The zero-order chi connectivity index (χ0) is 26.6. The third-order valence-corrected chi connectivity index (χ3v) is 8.00. The summed E-state index contributed by atoms with van der Waals surface area (Å²) in [7, 11) is 1.04. The van der Waals surface area contributed by atoms with Crippen LogP contribution in [0.3, 0.4) is 0 Å². The second-order valence-electron chi connectivity index (χ2n) is 8.69. The van der Waals surface area contributed by atoms with Crippen LogP contribution in [0.5, 0.6) is 23.1 Å². The van der Waals surface area contributed by atoms with Crippen molar-refractivity contribution in [2.24, 2.45) is 7.05 Å². The zero-order valence-corrected chi connectivity index (χ0v) is 22.4. The standard InChI is InChI=1S/C28H31N3O5S/c1-20(2)31(37(32,33)23-17-15-22(34-4)16-18-23)19-24-27(21-11-7-6-8-12-21)29-30(3)28(24)36-26-14-10-9-13-25(26)35-5/h6-18,20H,19H2,1-5H3. The molecule has 0 aliphatic carbocycles. The number of rotatable bonds is 10. The van der Waals surface area contributed by atoms with Gasteiger partial charge in [-0.05, 0) is 50.2 Å². The minimum absolute atomic E-state index is 0.0502. The smallest absolute Gasteiger partial charge is 0.243 e. The van der Waals surface area contributed by atoms with Crippen molar-refractivity contribution < 1.29 is 22.6 Å². The molecule has 8 nitrogen and oxygen atoms in total. The van der Waals surface area contributed by atoms with Gasteiger partial charge in [-0.1, -0.05) is 42.5 Å². The van der Waals surface area contributed by atoms with Gasteiger partial charge in [-0.25, -0.2) is 13.1 Å². The third kappa shape index (κ3) is 5.47. The molecule has 0 aliphatic heterocycles. The highest BCUT2D eigenvalue weighted by Crippen LogP contribution is 2.38. The van der Waals surface area contributed by atoms with Gasteiger partial charge >= 0.3 is 0 Å². The number of hydrogen-bond acceptors (Lipinski definition) is 6. The van der Waals surface area contributed by atoms with Crippen molar-refractivity contribution in [3.8, 4) is 34.4 Å². The van der Waals surface area contributed by atoms with Gasteiger partial charge in [0, 0.05) is 25.2 Å². The number of nitrogens with zero attached hydrogens (tertiary/aromatic N) is 3. The number of sulfonamides is 1. The van der Waals surface area contributed by atoms with E-state index in [0.29, 0.717) is 34.4 Å². The van der Waals surface area contributed by atoms with Crippen molar-refractivity contribution in [2.45, 2.75) is 31.3 Å². The molecule has 0 bridgehead atoms. The maximum absolute atomic E-state index is 13.8. The van der Waals surface area contributed by atoms with Gasteiger partial charge in [-0.3, -0.25) is 0 Å². The van der Waals surface area contributed by atoms with Crippen LogP contribution in [0.2, 0.25) is 0 Å². The quantitative estimate of drug-likeness (QED) is 0.274. The first-order chi connectivity index (χ1) is 17.8. The van der Waals surface area contributed by atoms with Crippen LogP contribution in [0.25, 0.3) is 11.3 Å². The van der Waals surface area contributed by atoms with Gasteiger partial charge < -0.3 is 14.2 Å². The Bertz CT molecular complexity index is 1450. The van der Waals surface area contributed by atoms with Crippen LogP contribution in [-0.4, -0.2) is 42.8 Å². The van der Waals surface area contributed by atoms with Gasteiger partial charge in [0.2, 0.25) is 15.9 Å². The Kier molecular flexibility index (Phi) is 7.85. The van der Waals surface area contributed by atoms with Crippen molar-refractivity contribution in [3.05, 3.63) is 84.4 Å². The predicted molar refractivity (Wildman–Crippen MR) is 143 cm³/mol. The molecular weight excluding hydrogens is 490 g/mol. The highest BCUT2D eigenvalue weighted by atomic mass is 32.2. The van der Waals surface area contributed by atoms with Crippen molar-refractivity contribution >= 4 is 10.0 Å². The van der Waals surface area contributed by atoms with Crippen LogP contribution in [-0.2, 0) is 23.6 Å². The molecule has 4 rings (SSSR count). The van der Waals surface area contributed by atoms with Crippen LogP contribution >= 0.6 is 0 Å². The number of hydrogen-bond donors (Lipinski definition) is 0. The third-order valence-electron chi connectivity index (χ3n) is 5.97. The molecular formula is C28H31N3O5S. The number of aromatic nitrogens is 2. The Morgan fingerprint density at radius 2 is 1.49 bits per heavy atom. The monoisotopic (exact) mass is 521 g/mol. The molecule has 0 saturated carbocycles. The minimum atomic E-state index is -3.86. The highest BCUT2D eigenvalue weighted by Gasteiger charge is 2.31. The van der Waals surface area contributed by atoms with Gasteiger partial charge in [-0.15, -0.1) is 0 Å². The van der Waals surface area contributed by atoms with Gasteiger partial charge in [0.05, 0.1) is 24.7 Å². The Hall–Kier alpha value is -3.82. The van der Waals surface area contributed by atoms with Crippen LogP contribution < -0.4 is 14.2 Å². The average Bonchev–Trinajstić information content (AvgIpc) is 3.22. The molecule has 3 aromatic carbocycles. The number of aryl methyl sites for hydroxylation is 1. The Balaban J connectivity index is 1.83. The van der Waals surface area contributed by atoms with Crippen molar-refractivity contribution in [2.75, 3.05) is 14.2 Å². The first-order valence-corrected chi connectivity index (χ1v) is 13.3. The van der Waals surface area contributed by atoms with E-state index in [0.717, 1.165) is 5.56 Å². The van der Waals surface area contributed by atoms with Crippen molar-refractivity contribution in [1.82, 2.24) is 14.1 Å². The van der Waals surface area contributed by atoms with E-state index in [2.05, 4.69) is 0 Å². The molecule has 4 aromatic rings. The molecule has 37 heavy (non-hydrogen) atoms. The molecule has 0 fully saturated rings. The highest BCUT2D eigenvalue weighted by molar-refractivity contribution is 7.89. The summed E-state index contributed by atoms with van der Waals surface area (Å²) in [5.74, 6) is 2.07. The molecule has 0 atom stereocenters. The Morgan fingerprint density at radius 1 is 0.865 bits per heavy atom. The van der Waals surface area contributed by atoms with E-state index in [9.17, 15) is 8.42 Å². The molecule has 0 N–H and O–H groups in total. The lowest BCUT2D eigenvalue weighted by Crippen LogP contribution is -2.36. The first-order valence-electron chi connectivity index (χ1n) is 11.8. The lowest BCUT2D eigenvalue weighted by Gasteiger charge is -2.26. The van der Waals surface area contributed by atoms with Crippen molar-refractivity contribution in [1.29, 1.82) is 0 Å². The van der Waals surface area contributed by atoms with Crippen LogP contribution in [0.1, 0.15) is 19.4 Å². The van der Waals surface area contributed by atoms with Crippen molar-refractivity contribution in [3.63, 3.8) is 0 Å². The summed E-state index contributed by atoms with van der Waals surface area (Å²) in [5.41, 5.74) is 2.14. The number of benzene rings is 3. The minimum Gasteiger partial charge on any atom is -0.497 e. The van der Waals surface area contributed by atoms with E-state index in [4.69, 9.17) is 19.3 Å². The summed E-state index contributed by atoms with van der Waals surface area (Å²) in [6, 6.07) is 23.0. The predicted octanol–water partition coefficient (Wildman–Crippen LogP) is 5.50. The Morgan fingerprint density at radius 3 is 2.08 bits per heavy atom. The number of ether oxygens (including phenoxy) is 3. The molecule has 1 aromatic heterocycles. The van der Waals surface area contributed by atoms with Crippen LogP contribution in [0.15, 0.2) is 83.8 Å². The lowest BCUT2D eigenvalue weighted by molar-refractivity contribution is 0.335. The molecule has 1 heterocycles. The summed E-state index contributed by atoms with van der Waals surface area (Å²) in [6.45, 7) is 3.75. The molecule has 194 valence electrons. The average molecular weight is 522 g/mol. The molecule has 0 saturated heterocycles. The zero-order valence-electron chi connectivity index (χ0n) is 21.6. The first kappa shape index (κ1) is 26.2. The maximum Gasteiger partial charge on any atom is 0.243 e. The van der Waals surface area contributed by atoms with E-state index < -0.39 is 10.0 Å². The van der Waals surface area contributed by atoms with Crippen LogP contribution in [0, 0.1) is 0 Å². The summed E-state index contributed by atoms with van der Waals surface area (Å²) in [4.78, 5) is 0.180. The topological polar surface area (TPSA) is 82.9 Å². The van der Waals surface area contributed by atoms with Crippen LogP contribution in [0.4, 0.5) is 0 Å². The molecule has 0 amide bonds. The van der Waals surface area contributed by atoms with Gasteiger partial charge in [-0.2, -0.15) is 9.40 Å². The second-order valence-corrected chi connectivity index (χ2v) is 10.6. The summed E-state index contributed by atoms with van der Waals surface area (Å²) >= 11 is 0. The summed E-state index contributed by atoms with van der Waals surface area (Å²) in [5, 5.41) is 4.74. The molecule has 0 aliphatic rings. The fraction of sp³-hybridized carbons (Fsp3) is 0.250. The number of methoxy groups -OCH3 is 2. The molecule has 9 heteroatoms. The van der Waals surface area contributed by atoms with E-state index in [1.54, 1.807) is 62.3 Å². The molecule has 0 unspecified atom stereocenters. The lowest BCUT2D eigenvalue weighted by atomic mass is 10.1. The summed E-state index contributed by atoms with van der Waals surface area (Å²) < 4.78 is 47.7. The fourth-order valence-corrected chi connectivity index (χ4v) is 5.65. The van der Waals surface area contributed by atoms with E-state index in [1.165, 1.54) is 4.31 Å². The van der Waals surface area contributed by atoms with Gasteiger partial charge in [0.1, 0.15) is 11.4 Å². The molecule has 0 spiro atoms. The maximum atomic E-state index is 13.8. The van der Waals surface area contributed by atoms with Gasteiger partial charge in [0.25, 0.3) is 0 Å². The van der Waals surface area contributed by atoms with E-state index in [1.807, 2.05) is 56.3 Å². The SMILES string of the molecule is COc1ccc(S(=O)(=O)N(Cc2c(-c3ccccc3)nn(C)c2Oc2ccccc2OC)C(C)C)cc1. The second kappa shape index (κ2) is 11.1. The van der Waals surface area contributed by atoms with E-state index >= 15 is 0 Å². The number of para-hydroxylation sites is 2. The Labute approximate surface area is 218 Å². The van der Waals surface area contributed by atoms with Gasteiger partial charge in [0.15, 0.2) is 11.5 Å². The normalized spacial score (nSPS) is 11.6. The summed E-state index contributed by atoms with van der Waals surface area (Å²) in [6.07, 6.45) is 0. The largest absolute Gasteiger partial charge is 0.497 e. The van der Waals surface area contributed by atoms with E-state index in [-0.39, 0.29) is 17.5 Å². The fourth-order valence-electron chi connectivity index (χ4n) is 4.04. The molecule has 0 radical (unpaired) electrons.